The highest BCUT2D eigenvalue weighted by Crippen LogP contribution is 2.25. The molecule has 1 aromatic rings. The molecule has 1 N–H and O–H groups in total. The molecule has 1 rings (SSSR count). The number of carboxylic acid groups (broad SMARTS) is 1. The molecule has 0 spiro atoms. The lowest BCUT2D eigenvalue weighted by Gasteiger charge is -2.20. The predicted octanol–water partition coefficient (Wildman–Crippen LogP) is 1.74. The molecule has 1 unspecified atom stereocenters. The number of aliphatic carboxylic acids is 1. The number of hydrogen-bond donors (Lipinski definition) is 1. The third kappa shape index (κ3) is 2.69. The van der Waals surface area contributed by atoms with Gasteiger partial charge in [-0.2, -0.15) is 4.37 Å². The average Bonchev–Trinajstić information content (AvgIpc) is 2.63. The van der Waals surface area contributed by atoms with Gasteiger partial charge in [-0.25, -0.2) is 9.78 Å². The number of hydrogen-bond acceptors (Lipinski definition) is 5. The Morgan fingerprint density at radius 1 is 1.50 bits per heavy atom. The van der Waals surface area contributed by atoms with E-state index in [1.807, 2.05) is 20.8 Å². The van der Waals surface area contributed by atoms with E-state index in [4.69, 9.17) is 5.11 Å². The summed E-state index contributed by atoms with van der Waals surface area (Å²) in [6.07, 6.45) is 0. The normalized spacial score (nSPS) is 13.6. The van der Waals surface area contributed by atoms with Gasteiger partial charge in [0.25, 0.3) is 0 Å². The highest BCUT2D eigenvalue weighted by Gasteiger charge is 2.24. The lowest BCUT2D eigenvalue weighted by molar-refractivity contribution is -0.138. The van der Waals surface area contributed by atoms with Crippen molar-refractivity contribution in [2.24, 2.45) is 0 Å². The third-order valence-electron chi connectivity index (χ3n) is 2.33. The molecule has 16 heavy (non-hydrogen) atoms. The summed E-state index contributed by atoms with van der Waals surface area (Å²) in [7, 11) is 1.71. The van der Waals surface area contributed by atoms with Gasteiger partial charge in [-0.05, 0) is 6.92 Å². The monoisotopic (exact) mass is 243 g/mol. The molecule has 1 heterocycles. The van der Waals surface area contributed by atoms with Gasteiger partial charge in [-0.1, -0.05) is 20.8 Å². The third-order valence-corrected chi connectivity index (χ3v) is 3.13. The second-order valence-electron chi connectivity index (χ2n) is 4.78. The van der Waals surface area contributed by atoms with E-state index in [0.717, 1.165) is 5.82 Å². The van der Waals surface area contributed by atoms with Crippen LogP contribution in [0, 0.1) is 0 Å². The first kappa shape index (κ1) is 12.9. The summed E-state index contributed by atoms with van der Waals surface area (Å²) in [5, 5.41) is 9.53. The Hall–Kier alpha value is -1.17. The lowest BCUT2D eigenvalue weighted by atomic mass is 9.96. The molecule has 1 atom stereocenters. The fraction of sp³-hybridized carbons (Fsp3) is 0.700. The molecule has 6 heteroatoms. The standard InChI is InChI=1S/C10H17N3O2S/c1-6(7(14)15)13(5)9-11-8(12-16-9)10(2,3)4/h6H,1-5H3,(H,14,15). The van der Waals surface area contributed by atoms with Gasteiger partial charge in [-0.3, -0.25) is 0 Å². The average molecular weight is 243 g/mol. The van der Waals surface area contributed by atoms with Crippen molar-refractivity contribution >= 4 is 22.6 Å². The second kappa shape index (κ2) is 4.37. The first-order chi connectivity index (χ1) is 7.23. The van der Waals surface area contributed by atoms with Crippen LogP contribution >= 0.6 is 11.5 Å². The number of carbonyl (C=O) groups is 1. The van der Waals surface area contributed by atoms with Gasteiger partial charge >= 0.3 is 5.97 Å². The van der Waals surface area contributed by atoms with Gasteiger partial charge in [0.2, 0.25) is 5.13 Å². The van der Waals surface area contributed by atoms with E-state index in [1.54, 1.807) is 18.9 Å². The van der Waals surface area contributed by atoms with Crippen molar-refractivity contribution in [2.45, 2.75) is 39.2 Å². The summed E-state index contributed by atoms with van der Waals surface area (Å²) < 4.78 is 4.25. The molecule has 5 nitrogen and oxygen atoms in total. The molecule has 0 aliphatic heterocycles. The van der Waals surface area contributed by atoms with Crippen LogP contribution < -0.4 is 4.90 Å². The van der Waals surface area contributed by atoms with Crippen LogP contribution in [0.25, 0.3) is 0 Å². The zero-order chi connectivity index (χ0) is 12.5. The molecule has 0 fully saturated rings. The predicted molar refractivity (Wildman–Crippen MR) is 64.1 cm³/mol. The van der Waals surface area contributed by atoms with Gasteiger partial charge in [0.05, 0.1) is 0 Å². The van der Waals surface area contributed by atoms with Gasteiger partial charge in [0.15, 0.2) is 0 Å². The Labute approximate surface area is 99.3 Å². The summed E-state index contributed by atoms with van der Waals surface area (Å²) in [5.74, 6) is -0.119. The smallest absolute Gasteiger partial charge is 0.326 e. The van der Waals surface area contributed by atoms with E-state index < -0.39 is 12.0 Å². The van der Waals surface area contributed by atoms with E-state index in [0.29, 0.717) is 5.13 Å². The molecule has 0 saturated heterocycles. The molecule has 0 aromatic carbocycles. The van der Waals surface area contributed by atoms with Crippen molar-refractivity contribution < 1.29 is 9.90 Å². The topological polar surface area (TPSA) is 66.3 Å². The van der Waals surface area contributed by atoms with E-state index in [2.05, 4.69) is 9.36 Å². The van der Waals surface area contributed by atoms with Crippen molar-refractivity contribution in [3.05, 3.63) is 5.82 Å². The number of rotatable bonds is 3. The van der Waals surface area contributed by atoms with Gasteiger partial charge in [0.1, 0.15) is 11.9 Å². The van der Waals surface area contributed by atoms with Crippen LogP contribution in [0.2, 0.25) is 0 Å². The minimum absolute atomic E-state index is 0.109. The van der Waals surface area contributed by atoms with Crippen LogP contribution in [0.5, 0.6) is 0 Å². The SMILES string of the molecule is CC(C(=O)O)N(C)c1nc(C(C)(C)C)ns1. The largest absolute Gasteiger partial charge is 0.480 e. The molecule has 0 bridgehead atoms. The van der Waals surface area contributed by atoms with Crippen LogP contribution in [0.4, 0.5) is 5.13 Å². The van der Waals surface area contributed by atoms with E-state index in [-0.39, 0.29) is 5.41 Å². The fourth-order valence-corrected chi connectivity index (χ4v) is 1.89. The van der Waals surface area contributed by atoms with Crippen molar-refractivity contribution in [1.82, 2.24) is 9.36 Å². The molecule has 1 aromatic heterocycles. The first-order valence-electron chi connectivity index (χ1n) is 5.03. The minimum atomic E-state index is -0.866. The maximum atomic E-state index is 10.8. The number of aromatic nitrogens is 2. The van der Waals surface area contributed by atoms with Gasteiger partial charge in [-0.15, -0.1) is 0 Å². The van der Waals surface area contributed by atoms with Crippen molar-refractivity contribution in [1.29, 1.82) is 0 Å². The van der Waals surface area contributed by atoms with Gasteiger partial charge in [0, 0.05) is 24.0 Å². The second-order valence-corrected chi connectivity index (χ2v) is 5.51. The molecule has 0 aliphatic rings. The first-order valence-corrected chi connectivity index (χ1v) is 5.80. The highest BCUT2D eigenvalue weighted by molar-refractivity contribution is 7.09. The number of carboxylic acids is 1. The Morgan fingerprint density at radius 3 is 2.44 bits per heavy atom. The molecular formula is C10H17N3O2S. The fourth-order valence-electron chi connectivity index (χ4n) is 0.995. The van der Waals surface area contributed by atoms with E-state index in [1.165, 1.54) is 11.5 Å². The molecular weight excluding hydrogens is 226 g/mol. The molecule has 0 amide bonds. The maximum absolute atomic E-state index is 10.8. The molecule has 0 saturated carbocycles. The van der Waals surface area contributed by atoms with Crippen LogP contribution in [0.1, 0.15) is 33.5 Å². The number of likely N-dealkylation sites (N-methyl/N-ethyl adjacent to an activating group) is 1. The zero-order valence-electron chi connectivity index (χ0n) is 10.2. The number of nitrogens with zero attached hydrogens (tertiary/aromatic N) is 3. The van der Waals surface area contributed by atoms with E-state index >= 15 is 0 Å². The quantitative estimate of drug-likeness (QED) is 0.876. The van der Waals surface area contributed by atoms with Crippen LogP contribution in [0.15, 0.2) is 0 Å². The maximum Gasteiger partial charge on any atom is 0.326 e. The molecule has 0 aliphatic carbocycles. The Kier molecular flexibility index (Phi) is 3.52. The Morgan fingerprint density at radius 2 is 2.06 bits per heavy atom. The van der Waals surface area contributed by atoms with Crippen molar-refractivity contribution in [2.75, 3.05) is 11.9 Å². The Bertz CT molecular complexity index is 384. The summed E-state index contributed by atoms with van der Waals surface area (Å²) in [4.78, 5) is 16.8. The summed E-state index contributed by atoms with van der Waals surface area (Å²) in [5.41, 5.74) is -0.109. The van der Waals surface area contributed by atoms with E-state index in [9.17, 15) is 4.79 Å². The summed E-state index contributed by atoms with van der Waals surface area (Å²) >= 11 is 1.23. The molecule has 0 radical (unpaired) electrons. The number of anilines is 1. The van der Waals surface area contributed by atoms with Crippen LogP contribution in [0.3, 0.4) is 0 Å². The summed E-state index contributed by atoms with van der Waals surface area (Å²) in [6, 6.07) is -0.597. The Balaban J connectivity index is 2.90. The highest BCUT2D eigenvalue weighted by atomic mass is 32.1. The summed E-state index contributed by atoms with van der Waals surface area (Å²) in [6.45, 7) is 7.71. The molecule has 90 valence electrons. The van der Waals surface area contributed by atoms with Gasteiger partial charge < -0.3 is 10.0 Å². The van der Waals surface area contributed by atoms with Crippen LogP contribution in [-0.4, -0.2) is 33.5 Å². The van der Waals surface area contributed by atoms with Crippen LogP contribution in [-0.2, 0) is 10.2 Å². The van der Waals surface area contributed by atoms with Crippen molar-refractivity contribution in [3.63, 3.8) is 0 Å². The minimum Gasteiger partial charge on any atom is -0.480 e. The van der Waals surface area contributed by atoms with Crippen molar-refractivity contribution in [3.8, 4) is 0 Å². The lowest BCUT2D eigenvalue weighted by Crippen LogP contribution is -2.35. The zero-order valence-corrected chi connectivity index (χ0v) is 11.0.